The van der Waals surface area contributed by atoms with E-state index in [1.165, 1.54) is 24.4 Å². The van der Waals surface area contributed by atoms with Gasteiger partial charge < -0.3 is 9.64 Å². The number of esters is 1. The molecule has 0 aliphatic carbocycles. The molecular weight excluding hydrogens is 363 g/mol. The summed E-state index contributed by atoms with van der Waals surface area (Å²) in [7, 11) is 2.95. The van der Waals surface area contributed by atoms with Gasteiger partial charge in [0.2, 0.25) is 0 Å². The number of anilines is 2. The Hall–Kier alpha value is -2.81. The van der Waals surface area contributed by atoms with Crippen LogP contribution in [0.25, 0.3) is 0 Å². The lowest BCUT2D eigenvalue weighted by atomic mass is 10.1. The molecule has 1 aliphatic heterocycles. The Labute approximate surface area is 154 Å². The fourth-order valence-corrected chi connectivity index (χ4v) is 3.07. The topological polar surface area (TPSA) is 54.9 Å². The van der Waals surface area contributed by atoms with Gasteiger partial charge in [0.05, 0.1) is 36.2 Å². The van der Waals surface area contributed by atoms with Gasteiger partial charge in [-0.2, -0.15) is 13.2 Å². The highest BCUT2D eigenvalue weighted by atomic mass is 19.4. The van der Waals surface area contributed by atoms with Crippen LogP contribution in [-0.2, 0) is 15.8 Å². The van der Waals surface area contributed by atoms with E-state index < -0.39 is 23.9 Å². The molecule has 1 unspecified atom stereocenters. The molecule has 0 saturated carbocycles. The molecule has 6 nitrogen and oxygen atoms in total. The Morgan fingerprint density at radius 3 is 2.63 bits per heavy atom. The third-order valence-corrected chi connectivity index (χ3v) is 4.27. The molecule has 1 atom stereocenters. The lowest BCUT2D eigenvalue weighted by Crippen LogP contribution is -2.35. The Morgan fingerprint density at radius 2 is 2.00 bits per heavy atom. The summed E-state index contributed by atoms with van der Waals surface area (Å²) in [5.41, 5.74) is 0.535. The molecule has 9 heteroatoms. The second-order valence-corrected chi connectivity index (χ2v) is 5.86. The van der Waals surface area contributed by atoms with Gasteiger partial charge in [-0.15, -0.1) is 0 Å². The molecule has 1 aromatic heterocycles. The summed E-state index contributed by atoms with van der Waals surface area (Å²) in [6, 6.07) is 6.57. The van der Waals surface area contributed by atoms with Gasteiger partial charge in [0, 0.05) is 13.2 Å². The molecule has 144 valence electrons. The average molecular weight is 381 g/mol. The number of hydrogen-bond donors (Lipinski definition) is 0. The predicted octanol–water partition coefficient (Wildman–Crippen LogP) is 3.79. The number of alkyl halides is 3. The van der Waals surface area contributed by atoms with E-state index in [1.807, 2.05) is 0 Å². The minimum absolute atomic E-state index is 0.213. The number of hydroxylamine groups is 1. The largest absolute Gasteiger partial charge is 0.465 e. The zero-order valence-electron chi connectivity index (χ0n) is 14.9. The highest BCUT2D eigenvalue weighted by Gasteiger charge is 2.41. The number of fused-ring (bicyclic) bond motifs is 1. The predicted molar refractivity (Wildman–Crippen MR) is 92.3 cm³/mol. The number of nitrogens with zero attached hydrogens (tertiary/aromatic N) is 3. The maximum Gasteiger partial charge on any atom is 0.416 e. The number of methoxy groups -OCH3 is 1. The number of halogens is 3. The molecule has 27 heavy (non-hydrogen) atoms. The minimum Gasteiger partial charge on any atom is -0.465 e. The van der Waals surface area contributed by atoms with Gasteiger partial charge in [-0.3, -0.25) is 9.82 Å². The van der Waals surface area contributed by atoms with Crippen LogP contribution in [-0.4, -0.2) is 31.7 Å². The third-order valence-electron chi connectivity index (χ3n) is 4.27. The van der Waals surface area contributed by atoms with Crippen LogP contribution in [0.1, 0.15) is 34.7 Å². The highest BCUT2D eigenvalue weighted by Crippen LogP contribution is 2.47. The van der Waals surface area contributed by atoms with Crippen molar-refractivity contribution in [3.8, 4) is 0 Å². The van der Waals surface area contributed by atoms with E-state index in [0.717, 1.165) is 12.1 Å². The SMILES string of the molecule is CCON1c2cc(C(F)(F)F)ccc2N(C)C1c1ncccc1C(=O)OC. The Morgan fingerprint density at radius 1 is 1.26 bits per heavy atom. The number of benzene rings is 1. The maximum absolute atomic E-state index is 13.2. The molecule has 3 rings (SSSR count). The molecule has 0 bridgehead atoms. The summed E-state index contributed by atoms with van der Waals surface area (Å²) in [5, 5.41) is 1.35. The molecule has 2 aromatic rings. The number of ether oxygens (including phenoxy) is 1. The summed E-state index contributed by atoms with van der Waals surface area (Å²) < 4.78 is 44.3. The quantitative estimate of drug-likeness (QED) is 0.751. The van der Waals surface area contributed by atoms with Crippen molar-refractivity contribution in [3.05, 3.63) is 53.3 Å². The van der Waals surface area contributed by atoms with Crippen molar-refractivity contribution in [1.29, 1.82) is 0 Å². The summed E-state index contributed by atoms with van der Waals surface area (Å²) >= 11 is 0. The minimum atomic E-state index is -4.48. The number of hydrogen-bond acceptors (Lipinski definition) is 6. The first-order valence-corrected chi connectivity index (χ1v) is 8.19. The first-order valence-electron chi connectivity index (χ1n) is 8.19. The van der Waals surface area contributed by atoms with E-state index in [9.17, 15) is 18.0 Å². The van der Waals surface area contributed by atoms with E-state index in [2.05, 4.69) is 4.98 Å². The zero-order chi connectivity index (χ0) is 19.8. The number of carbonyl (C=O) groups excluding carboxylic acids is 1. The summed E-state index contributed by atoms with van der Waals surface area (Å²) in [6.07, 6.45) is -3.70. The van der Waals surface area contributed by atoms with Gasteiger partial charge in [-0.1, -0.05) is 0 Å². The maximum atomic E-state index is 13.2. The Kier molecular flexibility index (Phi) is 4.97. The molecule has 0 spiro atoms. The van der Waals surface area contributed by atoms with Gasteiger partial charge in [0.1, 0.15) is 5.69 Å². The molecule has 0 fully saturated rings. The van der Waals surface area contributed by atoms with Gasteiger partial charge in [-0.25, -0.2) is 9.86 Å². The Balaban J connectivity index is 2.14. The first kappa shape index (κ1) is 19.0. The molecule has 1 aromatic carbocycles. The van der Waals surface area contributed by atoms with Crippen LogP contribution in [0.15, 0.2) is 36.5 Å². The van der Waals surface area contributed by atoms with Crippen molar-refractivity contribution >= 4 is 17.3 Å². The van der Waals surface area contributed by atoms with Crippen LogP contribution in [0.3, 0.4) is 0 Å². The molecule has 2 heterocycles. The van der Waals surface area contributed by atoms with E-state index in [0.29, 0.717) is 11.4 Å². The third kappa shape index (κ3) is 3.30. The fraction of sp³-hybridized carbons (Fsp3) is 0.333. The second-order valence-electron chi connectivity index (χ2n) is 5.86. The second kappa shape index (κ2) is 7.07. The van der Waals surface area contributed by atoms with Crippen molar-refractivity contribution < 1.29 is 27.5 Å². The van der Waals surface area contributed by atoms with Gasteiger partial charge >= 0.3 is 12.1 Å². The molecular formula is C18H18F3N3O3. The number of rotatable bonds is 4. The highest BCUT2D eigenvalue weighted by molar-refractivity contribution is 5.91. The molecule has 0 N–H and O–H groups in total. The van der Waals surface area contributed by atoms with E-state index in [-0.39, 0.29) is 17.9 Å². The molecule has 0 amide bonds. The monoisotopic (exact) mass is 381 g/mol. The lowest BCUT2D eigenvalue weighted by Gasteiger charge is -2.29. The van der Waals surface area contributed by atoms with Crippen molar-refractivity contribution in [1.82, 2.24) is 4.98 Å². The van der Waals surface area contributed by atoms with Crippen LogP contribution in [0, 0.1) is 0 Å². The van der Waals surface area contributed by atoms with Crippen molar-refractivity contribution in [2.45, 2.75) is 19.3 Å². The van der Waals surface area contributed by atoms with Crippen LogP contribution in [0.4, 0.5) is 24.5 Å². The average Bonchev–Trinajstić information content (AvgIpc) is 2.92. The van der Waals surface area contributed by atoms with Crippen molar-refractivity contribution in [2.75, 3.05) is 30.7 Å². The van der Waals surface area contributed by atoms with Gasteiger partial charge in [0.15, 0.2) is 6.17 Å². The Bertz CT molecular complexity index is 857. The fourth-order valence-electron chi connectivity index (χ4n) is 3.07. The van der Waals surface area contributed by atoms with Crippen LogP contribution < -0.4 is 9.96 Å². The summed E-state index contributed by atoms with van der Waals surface area (Å²) in [6.45, 7) is 1.95. The smallest absolute Gasteiger partial charge is 0.416 e. The van der Waals surface area contributed by atoms with Crippen LogP contribution in [0.5, 0.6) is 0 Å². The molecule has 0 saturated heterocycles. The molecule has 0 radical (unpaired) electrons. The standard InChI is InChI=1S/C18H18F3N3O3/c1-4-27-24-14-10-11(18(19,20)21)7-8-13(14)23(2)16(24)15-12(17(25)26-3)6-5-9-22-15/h5-10,16H,4H2,1-3H3. The van der Waals surface area contributed by atoms with Crippen LogP contribution >= 0.6 is 0 Å². The number of aromatic nitrogens is 1. The van der Waals surface area contributed by atoms with Crippen molar-refractivity contribution in [3.63, 3.8) is 0 Å². The van der Waals surface area contributed by atoms with Crippen molar-refractivity contribution in [2.24, 2.45) is 0 Å². The van der Waals surface area contributed by atoms with Gasteiger partial charge in [-0.05, 0) is 37.3 Å². The van der Waals surface area contributed by atoms with Gasteiger partial charge in [0.25, 0.3) is 0 Å². The van der Waals surface area contributed by atoms with E-state index >= 15 is 0 Å². The van der Waals surface area contributed by atoms with E-state index in [1.54, 1.807) is 31.0 Å². The molecule has 1 aliphatic rings. The summed E-state index contributed by atoms with van der Waals surface area (Å²) in [5.74, 6) is -0.588. The number of pyridine rings is 1. The lowest BCUT2D eigenvalue weighted by molar-refractivity contribution is -0.137. The van der Waals surface area contributed by atoms with E-state index in [4.69, 9.17) is 9.57 Å². The first-order chi connectivity index (χ1) is 12.8. The normalized spacial score (nSPS) is 16.4. The zero-order valence-corrected chi connectivity index (χ0v) is 14.9. The summed E-state index contributed by atoms with van der Waals surface area (Å²) in [4.78, 5) is 23.8. The number of carbonyl (C=O) groups is 1. The van der Waals surface area contributed by atoms with Crippen LogP contribution in [0.2, 0.25) is 0 Å².